The molecule has 1 saturated heterocycles. The Kier molecular flexibility index (Phi) is 4.63. The number of amides is 1. The molecule has 2 heterocycles. The fourth-order valence-corrected chi connectivity index (χ4v) is 3.72. The lowest BCUT2D eigenvalue weighted by atomic mass is 9.92. The van der Waals surface area contributed by atoms with E-state index in [0.29, 0.717) is 11.8 Å². The zero-order valence-corrected chi connectivity index (χ0v) is 14.3. The van der Waals surface area contributed by atoms with Crippen LogP contribution in [0.2, 0.25) is 0 Å². The molecule has 1 amide bonds. The summed E-state index contributed by atoms with van der Waals surface area (Å²) in [4.78, 5) is 14.6. The van der Waals surface area contributed by atoms with Crippen molar-refractivity contribution in [1.82, 2.24) is 15.1 Å². The number of aromatic nitrogens is 2. The normalized spacial score (nSPS) is 21.4. The van der Waals surface area contributed by atoms with E-state index in [0.717, 1.165) is 56.0 Å². The summed E-state index contributed by atoms with van der Waals surface area (Å²) < 4.78 is 6.12. The summed E-state index contributed by atoms with van der Waals surface area (Å²) in [5.41, 5.74) is 0. The molecular formula is C20H23N3O2. The van der Waals surface area contributed by atoms with E-state index in [-0.39, 0.29) is 12.0 Å². The Labute approximate surface area is 147 Å². The molecule has 1 aliphatic carbocycles. The Hall–Kier alpha value is -2.43. The molecule has 4 rings (SSSR count). The lowest BCUT2D eigenvalue weighted by Gasteiger charge is -2.34. The topological polar surface area (TPSA) is 55.3 Å². The van der Waals surface area contributed by atoms with Crippen LogP contribution in [0.15, 0.2) is 42.6 Å². The van der Waals surface area contributed by atoms with Gasteiger partial charge in [-0.1, -0.05) is 30.4 Å². The highest BCUT2D eigenvalue weighted by atomic mass is 16.5. The number of rotatable bonds is 3. The van der Waals surface area contributed by atoms with Crippen molar-refractivity contribution >= 4 is 16.7 Å². The molecule has 0 N–H and O–H groups in total. The van der Waals surface area contributed by atoms with Crippen LogP contribution in [0, 0.1) is 5.92 Å². The first-order valence-corrected chi connectivity index (χ1v) is 9.12. The van der Waals surface area contributed by atoms with E-state index < -0.39 is 0 Å². The zero-order valence-electron chi connectivity index (χ0n) is 14.3. The summed E-state index contributed by atoms with van der Waals surface area (Å²) in [6.07, 6.45) is 10.8. The van der Waals surface area contributed by atoms with Crippen LogP contribution in [0.1, 0.15) is 32.1 Å². The van der Waals surface area contributed by atoms with Crippen molar-refractivity contribution in [3.8, 4) is 5.88 Å². The molecule has 1 atom stereocenters. The molecule has 1 aromatic carbocycles. The highest BCUT2D eigenvalue weighted by molar-refractivity contribution is 5.85. The molecule has 25 heavy (non-hydrogen) atoms. The van der Waals surface area contributed by atoms with E-state index in [1.807, 2.05) is 29.2 Å². The van der Waals surface area contributed by atoms with Gasteiger partial charge in [-0.15, -0.1) is 5.10 Å². The molecule has 1 fully saturated rings. The van der Waals surface area contributed by atoms with Gasteiger partial charge in [0, 0.05) is 42.6 Å². The number of hydrogen-bond donors (Lipinski definition) is 0. The molecule has 0 bridgehead atoms. The number of benzene rings is 1. The van der Waals surface area contributed by atoms with E-state index in [2.05, 4.69) is 22.3 Å². The number of likely N-dealkylation sites (tertiary alicyclic amines) is 1. The van der Waals surface area contributed by atoms with E-state index in [1.165, 1.54) is 0 Å². The van der Waals surface area contributed by atoms with Gasteiger partial charge in [0.1, 0.15) is 6.10 Å². The third kappa shape index (κ3) is 3.50. The van der Waals surface area contributed by atoms with Gasteiger partial charge in [0.05, 0.1) is 6.20 Å². The predicted octanol–water partition coefficient (Wildman–Crippen LogP) is 3.36. The van der Waals surface area contributed by atoms with Gasteiger partial charge < -0.3 is 9.64 Å². The standard InChI is InChI=1S/C20H23N3O2/c24-20(15-6-2-1-3-7-15)23-12-10-17(11-13-23)25-19-18-9-5-4-8-16(18)14-21-22-19/h1-2,4-5,8-9,14-15,17H,3,6-7,10-13H2. The lowest BCUT2D eigenvalue weighted by Crippen LogP contribution is -2.44. The van der Waals surface area contributed by atoms with Crippen molar-refractivity contribution in [2.75, 3.05) is 13.1 Å². The molecule has 5 heteroatoms. The van der Waals surface area contributed by atoms with Crippen LogP contribution in [0.25, 0.3) is 10.8 Å². The van der Waals surface area contributed by atoms with Gasteiger partial charge in [-0.3, -0.25) is 4.79 Å². The smallest absolute Gasteiger partial charge is 0.241 e. The Morgan fingerprint density at radius 1 is 1.12 bits per heavy atom. The largest absolute Gasteiger partial charge is 0.473 e. The lowest BCUT2D eigenvalue weighted by molar-refractivity contribution is -0.137. The van der Waals surface area contributed by atoms with Crippen molar-refractivity contribution in [2.24, 2.45) is 5.92 Å². The van der Waals surface area contributed by atoms with Gasteiger partial charge in [0.15, 0.2) is 0 Å². The first kappa shape index (κ1) is 16.1. The van der Waals surface area contributed by atoms with Crippen LogP contribution in [0.4, 0.5) is 0 Å². The Balaban J connectivity index is 1.37. The minimum atomic E-state index is 0.0930. The monoisotopic (exact) mass is 337 g/mol. The van der Waals surface area contributed by atoms with Gasteiger partial charge in [-0.2, -0.15) is 5.10 Å². The van der Waals surface area contributed by atoms with E-state index in [9.17, 15) is 4.79 Å². The van der Waals surface area contributed by atoms with Crippen LogP contribution < -0.4 is 4.74 Å². The first-order chi connectivity index (χ1) is 12.3. The van der Waals surface area contributed by atoms with E-state index in [4.69, 9.17) is 4.74 Å². The number of fused-ring (bicyclic) bond motifs is 1. The second kappa shape index (κ2) is 7.21. The summed E-state index contributed by atoms with van der Waals surface area (Å²) in [7, 11) is 0. The number of allylic oxidation sites excluding steroid dienone is 2. The van der Waals surface area contributed by atoms with Crippen LogP contribution >= 0.6 is 0 Å². The number of carbonyl (C=O) groups excluding carboxylic acids is 1. The van der Waals surface area contributed by atoms with Gasteiger partial charge in [0.2, 0.25) is 11.8 Å². The molecule has 1 unspecified atom stereocenters. The molecule has 1 aliphatic heterocycles. The quantitative estimate of drug-likeness (QED) is 0.806. The van der Waals surface area contributed by atoms with Gasteiger partial charge >= 0.3 is 0 Å². The number of nitrogens with zero attached hydrogens (tertiary/aromatic N) is 3. The second-order valence-corrected chi connectivity index (χ2v) is 6.86. The maximum atomic E-state index is 12.6. The zero-order chi connectivity index (χ0) is 17.1. The molecule has 5 nitrogen and oxygen atoms in total. The average Bonchev–Trinajstić information content (AvgIpc) is 2.69. The number of piperidine rings is 1. The van der Waals surface area contributed by atoms with Crippen molar-refractivity contribution in [1.29, 1.82) is 0 Å². The number of ether oxygens (including phenoxy) is 1. The third-order valence-corrected chi connectivity index (χ3v) is 5.19. The summed E-state index contributed by atoms with van der Waals surface area (Å²) in [5, 5.41) is 10.2. The first-order valence-electron chi connectivity index (χ1n) is 9.12. The fraction of sp³-hybridized carbons (Fsp3) is 0.450. The second-order valence-electron chi connectivity index (χ2n) is 6.86. The molecule has 1 aromatic heterocycles. The summed E-state index contributed by atoms with van der Waals surface area (Å²) >= 11 is 0. The van der Waals surface area contributed by atoms with Gasteiger partial charge in [-0.05, 0) is 25.3 Å². The fourth-order valence-electron chi connectivity index (χ4n) is 3.72. The highest BCUT2D eigenvalue weighted by Crippen LogP contribution is 2.26. The van der Waals surface area contributed by atoms with Gasteiger partial charge in [0.25, 0.3) is 0 Å². The molecule has 0 radical (unpaired) electrons. The maximum Gasteiger partial charge on any atom is 0.241 e. The van der Waals surface area contributed by atoms with Crippen LogP contribution in [-0.4, -0.2) is 40.2 Å². The van der Waals surface area contributed by atoms with Crippen molar-refractivity contribution in [3.63, 3.8) is 0 Å². The molecular weight excluding hydrogens is 314 g/mol. The minimum Gasteiger partial charge on any atom is -0.473 e. The molecule has 2 aliphatic rings. The van der Waals surface area contributed by atoms with E-state index >= 15 is 0 Å². The number of carbonyl (C=O) groups is 1. The SMILES string of the molecule is O=C(C1CC=CCC1)N1CCC(Oc2nncc3ccccc23)CC1. The van der Waals surface area contributed by atoms with Crippen molar-refractivity contribution < 1.29 is 9.53 Å². The number of hydrogen-bond acceptors (Lipinski definition) is 4. The Morgan fingerprint density at radius 3 is 2.76 bits per heavy atom. The van der Waals surface area contributed by atoms with Crippen LogP contribution in [0.3, 0.4) is 0 Å². The summed E-state index contributed by atoms with van der Waals surface area (Å²) in [5.74, 6) is 1.08. The van der Waals surface area contributed by atoms with Crippen LogP contribution in [0.5, 0.6) is 5.88 Å². The van der Waals surface area contributed by atoms with Crippen molar-refractivity contribution in [2.45, 2.75) is 38.2 Å². The third-order valence-electron chi connectivity index (χ3n) is 5.19. The van der Waals surface area contributed by atoms with Crippen molar-refractivity contribution in [3.05, 3.63) is 42.6 Å². The van der Waals surface area contributed by atoms with Crippen LogP contribution in [-0.2, 0) is 4.79 Å². The summed E-state index contributed by atoms with van der Waals surface area (Å²) in [6.45, 7) is 1.53. The predicted molar refractivity (Wildman–Crippen MR) is 96.2 cm³/mol. The minimum absolute atomic E-state index is 0.0930. The molecule has 130 valence electrons. The molecule has 2 aromatic rings. The van der Waals surface area contributed by atoms with Gasteiger partial charge in [-0.25, -0.2) is 0 Å². The molecule has 0 saturated carbocycles. The van der Waals surface area contributed by atoms with E-state index in [1.54, 1.807) is 6.20 Å². The highest BCUT2D eigenvalue weighted by Gasteiger charge is 2.29. The maximum absolute atomic E-state index is 12.6. The summed E-state index contributed by atoms with van der Waals surface area (Å²) in [6, 6.07) is 7.99. The Bertz CT molecular complexity index is 776. The average molecular weight is 337 g/mol. The molecule has 0 spiro atoms. The Morgan fingerprint density at radius 2 is 1.96 bits per heavy atom.